The Morgan fingerprint density at radius 3 is 2.70 bits per heavy atom. The number of rotatable bonds is 7. The van der Waals surface area contributed by atoms with Crippen LogP contribution < -0.4 is 0 Å². The van der Waals surface area contributed by atoms with E-state index in [9.17, 15) is 9.59 Å². The first-order valence-corrected chi connectivity index (χ1v) is 6.40. The summed E-state index contributed by atoms with van der Waals surface area (Å²) in [7, 11) is 1.52. The van der Waals surface area contributed by atoms with Crippen molar-refractivity contribution in [3.8, 4) is 0 Å². The summed E-state index contributed by atoms with van der Waals surface area (Å²) in [6.45, 7) is 5.74. The fourth-order valence-corrected chi connectivity index (χ4v) is 1.61. The molecular formula is C13H20N2O5. The number of methoxy groups -OCH3 is 1. The number of hydrogen-bond acceptors (Lipinski definition) is 6. The van der Waals surface area contributed by atoms with Gasteiger partial charge in [0.05, 0.1) is 6.61 Å². The molecule has 0 aromatic carbocycles. The number of esters is 1. The first kappa shape index (κ1) is 16.2. The van der Waals surface area contributed by atoms with Crippen molar-refractivity contribution in [1.82, 2.24) is 10.1 Å². The van der Waals surface area contributed by atoms with Crippen LogP contribution in [0.4, 0.5) is 0 Å². The van der Waals surface area contributed by atoms with E-state index in [1.807, 2.05) is 13.8 Å². The van der Waals surface area contributed by atoms with Crippen LogP contribution in [0, 0.1) is 0 Å². The zero-order valence-electron chi connectivity index (χ0n) is 12.2. The van der Waals surface area contributed by atoms with Crippen molar-refractivity contribution in [1.29, 1.82) is 0 Å². The molecule has 1 rings (SSSR count). The molecule has 0 saturated carbocycles. The molecule has 0 radical (unpaired) electrons. The molecule has 0 fully saturated rings. The zero-order valence-corrected chi connectivity index (χ0v) is 12.2. The Hall–Kier alpha value is -1.89. The first-order valence-electron chi connectivity index (χ1n) is 6.40. The number of carbonyl (C=O) groups is 2. The second-order valence-electron chi connectivity index (χ2n) is 4.44. The molecule has 20 heavy (non-hydrogen) atoms. The zero-order chi connectivity index (χ0) is 15.1. The van der Waals surface area contributed by atoms with Crippen molar-refractivity contribution in [2.45, 2.75) is 33.4 Å². The van der Waals surface area contributed by atoms with Crippen molar-refractivity contribution in [3.63, 3.8) is 0 Å². The number of hydrogen-bond donors (Lipinski definition) is 0. The maximum atomic E-state index is 12.3. The Morgan fingerprint density at radius 2 is 2.15 bits per heavy atom. The minimum absolute atomic E-state index is 0.114. The largest absolute Gasteiger partial charge is 0.465 e. The Morgan fingerprint density at radius 1 is 1.45 bits per heavy atom. The average molecular weight is 284 g/mol. The topological polar surface area (TPSA) is 81.9 Å². The third kappa shape index (κ3) is 4.34. The number of carbonyl (C=O) groups excluding carboxylic acids is 2. The molecule has 1 amide bonds. The minimum atomic E-state index is -0.449. The summed E-state index contributed by atoms with van der Waals surface area (Å²) in [5, 5.41) is 3.69. The predicted octanol–water partition coefficient (Wildman–Crippen LogP) is 1.23. The highest BCUT2D eigenvalue weighted by molar-refractivity contribution is 5.94. The molecule has 0 aliphatic heterocycles. The monoisotopic (exact) mass is 284 g/mol. The predicted molar refractivity (Wildman–Crippen MR) is 70.0 cm³/mol. The van der Waals surface area contributed by atoms with Crippen molar-refractivity contribution >= 4 is 11.9 Å². The fraction of sp³-hybridized carbons (Fsp3) is 0.615. The van der Waals surface area contributed by atoms with Gasteiger partial charge in [-0.2, -0.15) is 0 Å². The maximum Gasteiger partial charge on any atom is 0.325 e. The number of aromatic nitrogens is 1. The lowest BCUT2D eigenvalue weighted by Gasteiger charge is -2.24. The average Bonchev–Trinajstić information content (AvgIpc) is 2.84. The van der Waals surface area contributed by atoms with E-state index < -0.39 is 5.97 Å². The van der Waals surface area contributed by atoms with Gasteiger partial charge in [0.15, 0.2) is 11.5 Å². The summed E-state index contributed by atoms with van der Waals surface area (Å²) < 4.78 is 14.7. The molecule has 0 atom stereocenters. The van der Waals surface area contributed by atoms with Gasteiger partial charge in [0, 0.05) is 19.2 Å². The third-order valence-corrected chi connectivity index (χ3v) is 2.55. The summed E-state index contributed by atoms with van der Waals surface area (Å²) in [6, 6.07) is 1.35. The fourth-order valence-electron chi connectivity index (χ4n) is 1.61. The normalized spacial score (nSPS) is 10.7. The smallest absolute Gasteiger partial charge is 0.325 e. The molecule has 0 N–H and O–H groups in total. The summed E-state index contributed by atoms with van der Waals surface area (Å²) in [5.74, 6) is -0.370. The van der Waals surface area contributed by atoms with E-state index in [2.05, 4.69) is 5.16 Å². The lowest BCUT2D eigenvalue weighted by molar-refractivity contribution is -0.144. The van der Waals surface area contributed by atoms with Gasteiger partial charge in [0.1, 0.15) is 13.2 Å². The molecule has 0 unspecified atom stereocenters. The van der Waals surface area contributed by atoms with Crippen molar-refractivity contribution < 1.29 is 23.6 Å². The van der Waals surface area contributed by atoms with Crippen molar-refractivity contribution in [3.05, 3.63) is 17.5 Å². The van der Waals surface area contributed by atoms with Gasteiger partial charge >= 0.3 is 5.97 Å². The molecule has 112 valence electrons. The molecule has 7 nitrogen and oxygen atoms in total. The van der Waals surface area contributed by atoms with Crippen LogP contribution in [0.3, 0.4) is 0 Å². The van der Waals surface area contributed by atoms with Gasteiger partial charge in [0.25, 0.3) is 5.91 Å². The van der Waals surface area contributed by atoms with Gasteiger partial charge in [-0.15, -0.1) is 0 Å². The lowest BCUT2D eigenvalue weighted by Crippen LogP contribution is -2.41. The Bertz CT molecular complexity index is 455. The number of nitrogens with zero attached hydrogens (tertiary/aromatic N) is 2. The summed E-state index contributed by atoms with van der Waals surface area (Å²) in [4.78, 5) is 25.2. The van der Waals surface area contributed by atoms with E-state index in [1.165, 1.54) is 18.1 Å². The minimum Gasteiger partial charge on any atom is -0.465 e. The number of amides is 1. The Kier molecular flexibility index (Phi) is 6.17. The Balaban J connectivity index is 2.79. The standard InChI is InChI=1S/C13H20N2O5/c1-5-19-12(16)7-15(9(2)3)13(17)11-6-10(8-18-4)20-14-11/h6,9H,5,7-8H2,1-4H3. The number of ether oxygens (including phenoxy) is 2. The van der Waals surface area contributed by atoms with E-state index in [1.54, 1.807) is 6.92 Å². The van der Waals surface area contributed by atoms with Gasteiger partial charge in [0.2, 0.25) is 0 Å². The van der Waals surface area contributed by atoms with Crippen LogP contribution in [-0.4, -0.2) is 48.2 Å². The van der Waals surface area contributed by atoms with Gasteiger partial charge in [-0.3, -0.25) is 9.59 Å². The SMILES string of the molecule is CCOC(=O)CN(C(=O)c1cc(COC)on1)C(C)C. The van der Waals surface area contributed by atoms with E-state index in [0.717, 1.165) is 0 Å². The van der Waals surface area contributed by atoms with Crippen LogP contribution >= 0.6 is 0 Å². The van der Waals surface area contributed by atoms with Gasteiger partial charge in [-0.25, -0.2) is 0 Å². The second kappa shape index (κ2) is 7.64. The highest BCUT2D eigenvalue weighted by Gasteiger charge is 2.24. The molecule has 7 heteroatoms. The summed E-state index contributed by atoms with van der Waals surface area (Å²) in [5.41, 5.74) is 0.148. The molecule has 0 bridgehead atoms. The second-order valence-corrected chi connectivity index (χ2v) is 4.44. The van der Waals surface area contributed by atoms with Gasteiger partial charge in [-0.05, 0) is 20.8 Å². The highest BCUT2D eigenvalue weighted by Crippen LogP contribution is 2.10. The summed E-state index contributed by atoms with van der Waals surface area (Å²) >= 11 is 0. The molecule has 1 aromatic rings. The van der Waals surface area contributed by atoms with Crippen LogP contribution in [0.2, 0.25) is 0 Å². The van der Waals surface area contributed by atoms with Crippen molar-refractivity contribution in [2.24, 2.45) is 0 Å². The molecular weight excluding hydrogens is 264 g/mol. The van der Waals surface area contributed by atoms with Gasteiger partial charge in [-0.1, -0.05) is 5.16 Å². The van der Waals surface area contributed by atoms with Crippen LogP contribution in [0.15, 0.2) is 10.6 Å². The molecule has 1 aromatic heterocycles. The molecule has 0 spiro atoms. The van der Waals surface area contributed by atoms with Crippen LogP contribution in [0.1, 0.15) is 37.0 Å². The molecule has 0 aliphatic carbocycles. The first-order chi connectivity index (χ1) is 9.49. The van der Waals surface area contributed by atoms with E-state index in [-0.39, 0.29) is 37.4 Å². The van der Waals surface area contributed by atoms with Gasteiger partial charge < -0.3 is 18.9 Å². The summed E-state index contributed by atoms with van der Waals surface area (Å²) in [6.07, 6.45) is 0. The van der Waals surface area contributed by atoms with E-state index >= 15 is 0 Å². The van der Waals surface area contributed by atoms with E-state index in [0.29, 0.717) is 5.76 Å². The van der Waals surface area contributed by atoms with Crippen LogP contribution in [0.5, 0.6) is 0 Å². The maximum absolute atomic E-state index is 12.3. The van der Waals surface area contributed by atoms with Crippen molar-refractivity contribution in [2.75, 3.05) is 20.3 Å². The molecule has 0 aliphatic rings. The third-order valence-electron chi connectivity index (χ3n) is 2.55. The molecule has 1 heterocycles. The van der Waals surface area contributed by atoms with Crippen LogP contribution in [0.25, 0.3) is 0 Å². The van der Waals surface area contributed by atoms with Crippen LogP contribution in [-0.2, 0) is 20.9 Å². The Labute approximate surface area is 117 Å². The lowest BCUT2D eigenvalue weighted by atomic mass is 10.2. The van der Waals surface area contributed by atoms with E-state index in [4.69, 9.17) is 14.0 Å². The molecule has 0 saturated heterocycles. The highest BCUT2D eigenvalue weighted by atomic mass is 16.5. The quantitative estimate of drug-likeness (QED) is 0.700.